The SMILES string of the molecule is COCC1CCCN(Cc2ccc3c(c2)CN(C(=O)CSc2ncccn2)CCO3)C1. The van der Waals surface area contributed by atoms with Gasteiger partial charge in [0.15, 0.2) is 5.16 Å². The summed E-state index contributed by atoms with van der Waals surface area (Å²) in [5.41, 5.74) is 2.34. The molecule has 2 aliphatic rings. The molecule has 1 atom stereocenters. The summed E-state index contributed by atoms with van der Waals surface area (Å²) in [6.45, 7) is 5.62. The van der Waals surface area contributed by atoms with Crippen molar-refractivity contribution in [2.24, 2.45) is 5.92 Å². The van der Waals surface area contributed by atoms with E-state index in [9.17, 15) is 4.79 Å². The Kier molecular flexibility index (Phi) is 7.77. The monoisotopic (exact) mass is 442 g/mol. The van der Waals surface area contributed by atoms with Gasteiger partial charge in [0.1, 0.15) is 12.4 Å². The van der Waals surface area contributed by atoms with Gasteiger partial charge in [-0.1, -0.05) is 17.8 Å². The number of carbonyl (C=O) groups is 1. The van der Waals surface area contributed by atoms with E-state index in [0.717, 1.165) is 37.6 Å². The Morgan fingerprint density at radius 1 is 1.29 bits per heavy atom. The molecule has 1 fully saturated rings. The van der Waals surface area contributed by atoms with E-state index in [1.807, 2.05) is 4.90 Å². The van der Waals surface area contributed by atoms with Gasteiger partial charge in [0.2, 0.25) is 5.91 Å². The lowest BCUT2D eigenvalue weighted by Gasteiger charge is -2.32. The molecule has 7 nitrogen and oxygen atoms in total. The van der Waals surface area contributed by atoms with Gasteiger partial charge in [-0.25, -0.2) is 9.97 Å². The Morgan fingerprint density at radius 3 is 3.00 bits per heavy atom. The first kappa shape index (κ1) is 22.0. The number of thioether (sulfide) groups is 1. The van der Waals surface area contributed by atoms with E-state index in [1.54, 1.807) is 25.6 Å². The van der Waals surface area contributed by atoms with Gasteiger partial charge in [-0.2, -0.15) is 0 Å². The first-order valence-electron chi connectivity index (χ1n) is 10.8. The molecule has 0 N–H and O–H groups in total. The van der Waals surface area contributed by atoms with Crippen LogP contribution in [0.5, 0.6) is 5.75 Å². The number of benzene rings is 1. The first-order valence-corrected chi connectivity index (χ1v) is 11.8. The number of amides is 1. The number of rotatable bonds is 7. The molecule has 166 valence electrons. The molecule has 2 aromatic rings. The molecule has 0 bridgehead atoms. The van der Waals surface area contributed by atoms with E-state index in [1.165, 1.54) is 30.2 Å². The van der Waals surface area contributed by atoms with Gasteiger partial charge in [0, 0.05) is 44.7 Å². The van der Waals surface area contributed by atoms with E-state index >= 15 is 0 Å². The molecule has 1 aromatic heterocycles. The lowest BCUT2D eigenvalue weighted by Crippen LogP contribution is -2.36. The molecule has 1 aromatic carbocycles. The molecular weight excluding hydrogens is 412 g/mol. The third-order valence-electron chi connectivity index (χ3n) is 5.74. The number of hydrogen-bond donors (Lipinski definition) is 0. The van der Waals surface area contributed by atoms with E-state index < -0.39 is 0 Å². The fraction of sp³-hybridized carbons (Fsp3) is 0.522. The molecule has 2 aliphatic heterocycles. The molecule has 1 unspecified atom stereocenters. The fourth-order valence-corrected chi connectivity index (χ4v) is 4.97. The number of hydrogen-bond acceptors (Lipinski definition) is 7. The van der Waals surface area contributed by atoms with Gasteiger partial charge in [0.25, 0.3) is 0 Å². The zero-order valence-corrected chi connectivity index (χ0v) is 18.9. The normalized spacial score (nSPS) is 19.4. The Bertz CT molecular complexity index is 865. The van der Waals surface area contributed by atoms with E-state index in [-0.39, 0.29) is 5.91 Å². The van der Waals surface area contributed by atoms with E-state index in [2.05, 4.69) is 33.1 Å². The van der Waals surface area contributed by atoms with Crippen molar-refractivity contribution in [2.75, 3.05) is 45.7 Å². The van der Waals surface area contributed by atoms with Crippen LogP contribution in [-0.4, -0.2) is 71.4 Å². The van der Waals surface area contributed by atoms with Crippen molar-refractivity contribution < 1.29 is 14.3 Å². The number of piperidine rings is 1. The zero-order chi connectivity index (χ0) is 21.5. The Balaban J connectivity index is 1.37. The van der Waals surface area contributed by atoms with Crippen LogP contribution in [0.1, 0.15) is 24.0 Å². The number of carbonyl (C=O) groups excluding carboxylic acids is 1. The van der Waals surface area contributed by atoms with Crippen LogP contribution in [0.2, 0.25) is 0 Å². The van der Waals surface area contributed by atoms with Crippen LogP contribution >= 0.6 is 11.8 Å². The number of nitrogens with zero attached hydrogens (tertiary/aromatic N) is 4. The van der Waals surface area contributed by atoms with Crippen LogP contribution in [0.15, 0.2) is 41.8 Å². The molecule has 1 saturated heterocycles. The molecule has 31 heavy (non-hydrogen) atoms. The number of aromatic nitrogens is 2. The van der Waals surface area contributed by atoms with Crippen molar-refractivity contribution in [3.63, 3.8) is 0 Å². The average molecular weight is 443 g/mol. The summed E-state index contributed by atoms with van der Waals surface area (Å²) in [6, 6.07) is 8.18. The lowest BCUT2D eigenvalue weighted by atomic mass is 9.98. The highest BCUT2D eigenvalue weighted by atomic mass is 32.2. The molecule has 0 spiro atoms. The third kappa shape index (κ3) is 6.18. The Morgan fingerprint density at radius 2 is 2.16 bits per heavy atom. The smallest absolute Gasteiger partial charge is 0.233 e. The van der Waals surface area contributed by atoms with Crippen LogP contribution < -0.4 is 4.74 Å². The number of fused-ring (bicyclic) bond motifs is 1. The minimum Gasteiger partial charge on any atom is -0.491 e. The van der Waals surface area contributed by atoms with Crippen molar-refractivity contribution in [1.82, 2.24) is 19.8 Å². The van der Waals surface area contributed by atoms with Gasteiger partial charge >= 0.3 is 0 Å². The van der Waals surface area contributed by atoms with Crippen LogP contribution in [-0.2, 0) is 22.6 Å². The van der Waals surface area contributed by atoms with Crippen molar-refractivity contribution in [1.29, 1.82) is 0 Å². The number of ether oxygens (including phenoxy) is 2. The number of methoxy groups -OCH3 is 1. The topological polar surface area (TPSA) is 67.8 Å². The van der Waals surface area contributed by atoms with Crippen molar-refractivity contribution in [3.05, 3.63) is 47.8 Å². The largest absolute Gasteiger partial charge is 0.491 e. The second kappa shape index (κ2) is 10.9. The Hall–Kier alpha value is -2.16. The second-order valence-corrected chi connectivity index (χ2v) is 9.07. The van der Waals surface area contributed by atoms with Gasteiger partial charge in [-0.15, -0.1) is 0 Å². The predicted octanol–water partition coefficient (Wildman–Crippen LogP) is 2.85. The van der Waals surface area contributed by atoms with Crippen LogP contribution in [0, 0.1) is 5.92 Å². The summed E-state index contributed by atoms with van der Waals surface area (Å²) < 4.78 is 11.3. The van der Waals surface area contributed by atoms with Gasteiger partial charge in [-0.3, -0.25) is 9.69 Å². The van der Waals surface area contributed by atoms with Crippen molar-refractivity contribution in [3.8, 4) is 5.75 Å². The number of likely N-dealkylation sites (tertiary alicyclic amines) is 1. The van der Waals surface area contributed by atoms with Crippen LogP contribution in [0.25, 0.3) is 0 Å². The summed E-state index contributed by atoms with van der Waals surface area (Å²) in [6.07, 6.45) is 5.84. The fourth-order valence-electron chi connectivity index (χ4n) is 4.26. The van der Waals surface area contributed by atoms with E-state index in [4.69, 9.17) is 9.47 Å². The quantitative estimate of drug-likeness (QED) is 0.482. The predicted molar refractivity (Wildman–Crippen MR) is 120 cm³/mol. The van der Waals surface area contributed by atoms with Crippen molar-refractivity contribution in [2.45, 2.75) is 31.1 Å². The molecule has 0 radical (unpaired) electrons. The summed E-state index contributed by atoms with van der Waals surface area (Å²) in [4.78, 5) is 25.5. The third-order valence-corrected chi connectivity index (χ3v) is 6.60. The molecule has 1 amide bonds. The molecule has 8 heteroatoms. The van der Waals surface area contributed by atoms with E-state index in [0.29, 0.717) is 36.5 Å². The summed E-state index contributed by atoms with van der Waals surface area (Å²) in [5, 5.41) is 0.623. The highest BCUT2D eigenvalue weighted by molar-refractivity contribution is 7.99. The first-order chi connectivity index (χ1) is 15.2. The van der Waals surface area contributed by atoms with Gasteiger partial charge < -0.3 is 14.4 Å². The van der Waals surface area contributed by atoms with Crippen LogP contribution in [0.3, 0.4) is 0 Å². The Labute approximate surface area is 188 Å². The van der Waals surface area contributed by atoms with Gasteiger partial charge in [0.05, 0.1) is 18.9 Å². The summed E-state index contributed by atoms with van der Waals surface area (Å²) >= 11 is 1.37. The molecule has 4 rings (SSSR count). The zero-order valence-electron chi connectivity index (χ0n) is 18.0. The highest BCUT2D eigenvalue weighted by Crippen LogP contribution is 2.27. The maximum absolute atomic E-state index is 12.8. The highest BCUT2D eigenvalue weighted by Gasteiger charge is 2.23. The lowest BCUT2D eigenvalue weighted by molar-refractivity contribution is -0.129. The minimum atomic E-state index is 0.0812. The standard InChI is InChI=1S/C23H30N4O3S/c1-29-16-19-4-2-9-26(14-19)13-18-5-6-21-20(12-18)15-27(10-11-30-21)22(28)17-31-23-24-7-3-8-25-23/h3,5-8,12,19H,2,4,9-11,13-17H2,1H3. The molecule has 0 aliphatic carbocycles. The maximum Gasteiger partial charge on any atom is 0.233 e. The molecular formula is C23H30N4O3S. The van der Waals surface area contributed by atoms with Crippen molar-refractivity contribution >= 4 is 17.7 Å². The molecule has 0 saturated carbocycles. The minimum absolute atomic E-state index is 0.0812. The molecule has 3 heterocycles. The second-order valence-electron chi connectivity index (χ2n) is 8.12. The summed E-state index contributed by atoms with van der Waals surface area (Å²) in [5.74, 6) is 1.90. The van der Waals surface area contributed by atoms with Crippen LogP contribution in [0.4, 0.5) is 0 Å². The average Bonchev–Trinajstić information content (AvgIpc) is 3.01. The summed E-state index contributed by atoms with van der Waals surface area (Å²) in [7, 11) is 1.78. The van der Waals surface area contributed by atoms with Gasteiger partial charge in [-0.05, 0) is 49.1 Å². The maximum atomic E-state index is 12.8.